The summed E-state index contributed by atoms with van der Waals surface area (Å²) in [5.41, 5.74) is 0. The minimum absolute atomic E-state index is 0.167. The third-order valence-electron chi connectivity index (χ3n) is 0.960. The van der Waals surface area contributed by atoms with Crippen molar-refractivity contribution in [2.75, 3.05) is 0 Å². The van der Waals surface area contributed by atoms with Gasteiger partial charge in [-0.15, -0.1) is 0 Å². The van der Waals surface area contributed by atoms with Gasteiger partial charge in [-0.1, -0.05) is 31.9 Å². The quantitative estimate of drug-likeness (QED) is 0.452. The Hall–Kier alpha value is -0.590. The Bertz CT molecular complexity index is 99.4. The lowest BCUT2D eigenvalue weighted by molar-refractivity contribution is -0.114. The summed E-state index contributed by atoms with van der Waals surface area (Å²) in [6.45, 7) is 7.33. The molecule has 0 bridgehead atoms. The number of hydrogen-bond donors (Lipinski definition) is 0. The SMILES string of the molecule is CC(C)=O.CC=CCCCC. The van der Waals surface area contributed by atoms with Crippen molar-refractivity contribution in [3.8, 4) is 0 Å². The van der Waals surface area contributed by atoms with Crippen molar-refractivity contribution in [1.82, 2.24) is 0 Å². The standard InChI is InChI=1S/C7H14.C3H6O/c1-3-5-7-6-4-2;1-3(2)4/h3,5H,4,6-7H2,1-2H3;1-2H3. The van der Waals surface area contributed by atoms with E-state index in [1.165, 1.54) is 33.1 Å². The summed E-state index contributed by atoms with van der Waals surface area (Å²) in [5.74, 6) is 0.167. The topological polar surface area (TPSA) is 17.1 Å². The first-order valence-electron chi connectivity index (χ1n) is 4.23. The van der Waals surface area contributed by atoms with E-state index in [2.05, 4.69) is 26.0 Å². The van der Waals surface area contributed by atoms with Crippen LogP contribution < -0.4 is 0 Å². The maximum Gasteiger partial charge on any atom is 0.126 e. The van der Waals surface area contributed by atoms with Gasteiger partial charge in [-0.25, -0.2) is 0 Å². The van der Waals surface area contributed by atoms with Crippen LogP contribution in [0, 0.1) is 0 Å². The molecule has 0 radical (unpaired) electrons. The van der Waals surface area contributed by atoms with Gasteiger partial charge in [-0.05, 0) is 27.2 Å². The summed E-state index contributed by atoms with van der Waals surface area (Å²) in [4.78, 5) is 9.44. The summed E-state index contributed by atoms with van der Waals surface area (Å²) in [7, 11) is 0. The molecule has 0 saturated heterocycles. The van der Waals surface area contributed by atoms with Gasteiger partial charge in [0.2, 0.25) is 0 Å². The van der Waals surface area contributed by atoms with Gasteiger partial charge < -0.3 is 4.79 Å². The fourth-order valence-corrected chi connectivity index (χ4v) is 0.489. The molecule has 0 fully saturated rings. The summed E-state index contributed by atoms with van der Waals surface area (Å²) in [5, 5.41) is 0. The van der Waals surface area contributed by atoms with Gasteiger partial charge in [-0.2, -0.15) is 0 Å². The van der Waals surface area contributed by atoms with Gasteiger partial charge in [0.05, 0.1) is 0 Å². The maximum atomic E-state index is 9.44. The highest BCUT2D eigenvalue weighted by Gasteiger charge is 1.73. The normalized spacial score (nSPS) is 9.09. The number of carbonyl (C=O) groups excluding carboxylic acids is 1. The zero-order valence-electron chi connectivity index (χ0n) is 8.18. The predicted molar refractivity (Wildman–Crippen MR) is 50.7 cm³/mol. The Morgan fingerprint density at radius 1 is 1.36 bits per heavy atom. The van der Waals surface area contributed by atoms with Crippen molar-refractivity contribution in [2.24, 2.45) is 0 Å². The zero-order chi connectivity index (χ0) is 9.11. The van der Waals surface area contributed by atoms with Crippen molar-refractivity contribution >= 4 is 5.78 Å². The predicted octanol–water partition coefficient (Wildman–Crippen LogP) is 3.35. The number of unbranched alkanes of at least 4 members (excludes halogenated alkanes) is 2. The molecule has 0 aliphatic heterocycles. The fraction of sp³-hybridized carbons (Fsp3) is 0.700. The van der Waals surface area contributed by atoms with E-state index in [9.17, 15) is 4.79 Å². The van der Waals surface area contributed by atoms with Crippen LogP contribution in [0.4, 0.5) is 0 Å². The molecule has 0 atom stereocenters. The van der Waals surface area contributed by atoms with Gasteiger partial charge in [0.25, 0.3) is 0 Å². The smallest absolute Gasteiger partial charge is 0.126 e. The zero-order valence-corrected chi connectivity index (χ0v) is 8.18. The van der Waals surface area contributed by atoms with E-state index < -0.39 is 0 Å². The van der Waals surface area contributed by atoms with Gasteiger partial charge in [-0.3, -0.25) is 0 Å². The Morgan fingerprint density at radius 3 is 2.09 bits per heavy atom. The largest absolute Gasteiger partial charge is 0.300 e. The lowest BCUT2D eigenvalue weighted by atomic mass is 10.2. The minimum Gasteiger partial charge on any atom is -0.300 e. The van der Waals surface area contributed by atoms with Crippen LogP contribution in [0.5, 0.6) is 0 Å². The van der Waals surface area contributed by atoms with E-state index in [0.717, 1.165) is 0 Å². The van der Waals surface area contributed by atoms with Crippen molar-refractivity contribution in [2.45, 2.75) is 47.0 Å². The molecule has 0 aliphatic carbocycles. The monoisotopic (exact) mass is 156 g/mol. The molecule has 66 valence electrons. The van der Waals surface area contributed by atoms with Gasteiger partial charge in [0.1, 0.15) is 5.78 Å². The van der Waals surface area contributed by atoms with Crippen LogP contribution in [0.3, 0.4) is 0 Å². The van der Waals surface area contributed by atoms with Crippen molar-refractivity contribution in [3.05, 3.63) is 12.2 Å². The Labute approximate surface area is 70.5 Å². The second-order valence-electron chi connectivity index (χ2n) is 2.62. The van der Waals surface area contributed by atoms with E-state index in [1.54, 1.807) is 0 Å². The van der Waals surface area contributed by atoms with E-state index in [4.69, 9.17) is 0 Å². The number of carbonyl (C=O) groups is 1. The summed E-state index contributed by atoms with van der Waals surface area (Å²) in [6.07, 6.45) is 8.22. The van der Waals surface area contributed by atoms with Crippen molar-refractivity contribution < 1.29 is 4.79 Å². The van der Waals surface area contributed by atoms with Crippen LogP contribution in [-0.4, -0.2) is 5.78 Å². The van der Waals surface area contributed by atoms with E-state index in [1.807, 2.05) is 0 Å². The van der Waals surface area contributed by atoms with Crippen LogP contribution in [-0.2, 0) is 4.79 Å². The first kappa shape index (κ1) is 13.0. The third-order valence-corrected chi connectivity index (χ3v) is 0.960. The van der Waals surface area contributed by atoms with E-state index in [0.29, 0.717) is 0 Å². The van der Waals surface area contributed by atoms with Gasteiger partial charge >= 0.3 is 0 Å². The van der Waals surface area contributed by atoms with Crippen LogP contribution in [0.2, 0.25) is 0 Å². The molecule has 0 heterocycles. The Morgan fingerprint density at radius 2 is 1.82 bits per heavy atom. The fourth-order valence-electron chi connectivity index (χ4n) is 0.489. The molecule has 1 nitrogen and oxygen atoms in total. The van der Waals surface area contributed by atoms with Gasteiger partial charge in [0.15, 0.2) is 0 Å². The molecule has 0 aromatic heterocycles. The van der Waals surface area contributed by atoms with Crippen molar-refractivity contribution in [3.63, 3.8) is 0 Å². The molecule has 1 heteroatoms. The van der Waals surface area contributed by atoms with Gasteiger partial charge in [0, 0.05) is 0 Å². The molecule has 0 unspecified atom stereocenters. The molecular formula is C10H20O. The summed E-state index contributed by atoms with van der Waals surface area (Å²) >= 11 is 0. The lowest BCUT2D eigenvalue weighted by Crippen LogP contribution is -1.69. The molecule has 11 heavy (non-hydrogen) atoms. The number of allylic oxidation sites excluding steroid dienone is 2. The summed E-state index contributed by atoms with van der Waals surface area (Å²) < 4.78 is 0. The number of Topliss-reactive ketones (excluding diaryl/α,β-unsaturated/α-hetero) is 1. The minimum atomic E-state index is 0.167. The average molecular weight is 156 g/mol. The molecule has 0 amide bonds. The Balaban J connectivity index is 0. The third kappa shape index (κ3) is 44.4. The highest BCUT2D eigenvalue weighted by molar-refractivity contribution is 5.72. The number of rotatable bonds is 3. The lowest BCUT2D eigenvalue weighted by Gasteiger charge is -1.83. The second kappa shape index (κ2) is 12.1. The molecule has 0 spiro atoms. The Kier molecular flexibility index (Phi) is 14.4. The highest BCUT2D eigenvalue weighted by atomic mass is 16.1. The van der Waals surface area contributed by atoms with Crippen LogP contribution in [0.15, 0.2) is 12.2 Å². The number of hydrogen-bond acceptors (Lipinski definition) is 1. The highest BCUT2D eigenvalue weighted by Crippen LogP contribution is 1.93. The average Bonchev–Trinajstić information content (AvgIpc) is 1.88. The van der Waals surface area contributed by atoms with Crippen LogP contribution >= 0.6 is 0 Å². The molecule has 0 aromatic rings. The molecule has 0 rings (SSSR count). The molecule has 0 N–H and O–H groups in total. The molecular weight excluding hydrogens is 136 g/mol. The van der Waals surface area contributed by atoms with E-state index in [-0.39, 0.29) is 5.78 Å². The first-order chi connectivity index (χ1) is 5.15. The molecule has 0 aromatic carbocycles. The van der Waals surface area contributed by atoms with E-state index >= 15 is 0 Å². The van der Waals surface area contributed by atoms with Crippen LogP contribution in [0.25, 0.3) is 0 Å². The first-order valence-corrected chi connectivity index (χ1v) is 4.23. The second-order valence-corrected chi connectivity index (χ2v) is 2.62. The maximum absolute atomic E-state index is 9.44. The number of ketones is 1. The van der Waals surface area contributed by atoms with Crippen LogP contribution in [0.1, 0.15) is 47.0 Å². The summed E-state index contributed by atoms with van der Waals surface area (Å²) in [6, 6.07) is 0. The van der Waals surface area contributed by atoms with Crippen molar-refractivity contribution in [1.29, 1.82) is 0 Å². The molecule has 0 aliphatic rings. The molecule has 0 saturated carbocycles.